The highest BCUT2D eigenvalue weighted by Crippen LogP contribution is 2.38. The Kier molecular flexibility index (Phi) is 5.63. The zero-order chi connectivity index (χ0) is 20.5. The lowest BCUT2D eigenvalue weighted by Crippen LogP contribution is -2.31. The van der Waals surface area contributed by atoms with Gasteiger partial charge < -0.3 is 10.3 Å². The second-order valence-corrected chi connectivity index (χ2v) is 8.29. The molecule has 4 rings (SSSR count). The van der Waals surface area contributed by atoms with Crippen LogP contribution in [0.2, 0.25) is 10.0 Å². The van der Waals surface area contributed by atoms with Gasteiger partial charge in [-0.1, -0.05) is 59.2 Å². The van der Waals surface area contributed by atoms with Crippen LogP contribution in [0.1, 0.15) is 29.0 Å². The first-order valence-corrected chi connectivity index (χ1v) is 10.4. The van der Waals surface area contributed by atoms with Crippen molar-refractivity contribution in [1.82, 2.24) is 9.97 Å². The molecule has 1 unspecified atom stereocenters. The van der Waals surface area contributed by atoms with Gasteiger partial charge in [0.2, 0.25) is 5.91 Å². The molecule has 0 spiro atoms. The monoisotopic (exact) mass is 449 g/mol. The number of carbonyl (C=O) groups is 1. The summed E-state index contributed by atoms with van der Waals surface area (Å²) in [4.78, 5) is 32.2. The first-order chi connectivity index (χ1) is 13.9. The summed E-state index contributed by atoms with van der Waals surface area (Å²) in [6.45, 7) is 0. The third-order valence-electron chi connectivity index (χ3n) is 4.59. The van der Waals surface area contributed by atoms with Crippen molar-refractivity contribution >= 4 is 46.7 Å². The predicted octanol–water partition coefficient (Wildman–Crippen LogP) is 4.98. The second kappa shape index (κ2) is 8.18. The van der Waals surface area contributed by atoms with E-state index < -0.39 is 5.92 Å². The third-order valence-corrected chi connectivity index (χ3v) is 6.07. The number of nitrogens with zero attached hydrogens (tertiary/aromatic N) is 1. The summed E-state index contributed by atoms with van der Waals surface area (Å²) in [5.74, 6) is -0.653. The van der Waals surface area contributed by atoms with E-state index in [0.29, 0.717) is 31.9 Å². The maximum atomic E-state index is 13.8. The highest BCUT2D eigenvalue weighted by molar-refractivity contribution is 7.98. The fraction of sp³-hybridized carbons (Fsp3) is 0.150. The van der Waals surface area contributed by atoms with Crippen molar-refractivity contribution in [3.63, 3.8) is 0 Å². The summed E-state index contributed by atoms with van der Waals surface area (Å²) < 4.78 is 13.8. The quantitative estimate of drug-likeness (QED) is 0.434. The number of benzene rings is 2. The number of hydrogen-bond donors (Lipinski definition) is 2. The van der Waals surface area contributed by atoms with Crippen LogP contribution in [0.25, 0.3) is 0 Å². The number of thioether (sulfide) groups is 1. The van der Waals surface area contributed by atoms with Crippen molar-refractivity contribution in [3.8, 4) is 0 Å². The predicted molar refractivity (Wildman–Crippen MR) is 112 cm³/mol. The summed E-state index contributed by atoms with van der Waals surface area (Å²) in [6.07, 6.45) is 0.0703. The number of H-pyrrole nitrogens is 1. The summed E-state index contributed by atoms with van der Waals surface area (Å²) in [5, 5.41) is 3.79. The summed E-state index contributed by atoms with van der Waals surface area (Å²) >= 11 is 13.4. The Morgan fingerprint density at radius 3 is 2.72 bits per heavy atom. The van der Waals surface area contributed by atoms with Crippen molar-refractivity contribution in [2.24, 2.45) is 0 Å². The molecule has 0 saturated carbocycles. The molecule has 5 nitrogen and oxygen atoms in total. The van der Waals surface area contributed by atoms with Crippen molar-refractivity contribution in [2.45, 2.75) is 23.2 Å². The first-order valence-electron chi connectivity index (χ1n) is 8.67. The number of amides is 1. The number of fused-ring (bicyclic) bond motifs is 1. The van der Waals surface area contributed by atoms with Crippen LogP contribution in [-0.2, 0) is 10.5 Å². The average Bonchev–Trinajstić information content (AvgIpc) is 2.66. The van der Waals surface area contributed by atoms with E-state index in [9.17, 15) is 14.0 Å². The zero-order valence-corrected chi connectivity index (χ0v) is 17.2. The van der Waals surface area contributed by atoms with Crippen molar-refractivity contribution in [2.75, 3.05) is 5.32 Å². The van der Waals surface area contributed by atoms with E-state index in [1.807, 2.05) is 0 Å². The highest BCUT2D eigenvalue weighted by Gasteiger charge is 2.32. The SMILES string of the molecule is O=C1CC(c2ccc(Cl)cc2Cl)c2c(nc(SCc3ccccc3F)[nH]c2=O)N1. The summed E-state index contributed by atoms with van der Waals surface area (Å²) in [5.41, 5.74) is 1.09. The van der Waals surface area contributed by atoms with E-state index in [2.05, 4.69) is 15.3 Å². The number of halogens is 3. The molecule has 2 N–H and O–H groups in total. The molecule has 1 aliphatic heterocycles. The fourth-order valence-corrected chi connectivity index (χ4v) is 4.62. The molecule has 0 radical (unpaired) electrons. The van der Waals surface area contributed by atoms with Crippen LogP contribution in [0.4, 0.5) is 10.2 Å². The molecule has 1 atom stereocenters. The van der Waals surface area contributed by atoms with Crippen LogP contribution < -0.4 is 10.9 Å². The Balaban J connectivity index is 1.69. The van der Waals surface area contributed by atoms with Gasteiger partial charge in [-0.05, 0) is 29.3 Å². The number of aromatic nitrogens is 2. The summed E-state index contributed by atoms with van der Waals surface area (Å²) in [7, 11) is 0. The van der Waals surface area contributed by atoms with Crippen molar-refractivity contribution < 1.29 is 9.18 Å². The molecular formula is C20H14Cl2FN3O2S. The van der Waals surface area contributed by atoms with E-state index in [4.69, 9.17) is 23.2 Å². The molecule has 2 heterocycles. The van der Waals surface area contributed by atoms with Crippen LogP contribution in [0.5, 0.6) is 0 Å². The Labute approximate surface area is 179 Å². The van der Waals surface area contributed by atoms with Crippen molar-refractivity contribution in [3.05, 3.63) is 85.4 Å². The minimum Gasteiger partial charge on any atom is -0.310 e. The van der Waals surface area contributed by atoms with E-state index >= 15 is 0 Å². The molecule has 29 heavy (non-hydrogen) atoms. The molecule has 148 valence electrons. The van der Waals surface area contributed by atoms with Gasteiger partial charge in [0, 0.05) is 28.1 Å². The second-order valence-electron chi connectivity index (χ2n) is 6.48. The third kappa shape index (κ3) is 4.17. The summed E-state index contributed by atoms with van der Waals surface area (Å²) in [6, 6.07) is 11.3. The Morgan fingerprint density at radius 1 is 1.17 bits per heavy atom. The molecule has 3 aromatic rings. The van der Waals surface area contributed by atoms with E-state index in [-0.39, 0.29) is 35.3 Å². The number of anilines is 1. The van der Waals surface area contributed by atoms with Gasteiger partial charge in [-0.15, -0.1) is 0 Å². The number of carbonyl (C=O) groups excluding carboxylic acids is 1. The van der Waals surface area contributed by atoms with Gasteiger partial charge in [0.15, 0.2) is 5.16 Å². The lowest BCUT2D eigenvalue weighted by atomic mass is 9.87. The smallest absolute Gasteiger partial charge is 0.257 e. The van der Waals surface area contributed by atoms with Gasteiger partial charge in [-0.2, -0.15) is 0 Å². The van der Waals surface area contributed by atoms with Gasteiger partial charge in [0.1, 0.15) is 11.6 Å². The molecule has 1 amide bonds. The average molecular weight is 450 g/mol. The molecule has 9 heteroatoms. The van der Waals surface area contributed by atoms with Gasteiger partial charge in [-0.3, -0.25) is 9.59 Å². The Bertz CT molecular complexity index is 1170. The largest absolute Gasteiger partial charge is 0.310 e. The lowest BCUT2D eigenvalue weighted by Gasteiger charge is -2.25. The normalized spacial score (nSPS) is 15.7. The molecule has 0 aliphatic carbocycles. The van der Waals surface area contributed by atoms with Crippen LogP contribution in [0.3, 0.4) is 0 Å². The van der Waals surface area contributed by atoms with Gasteiger partial charge in [0.05, 0.1) is 5.56 Å². The fourth-order valence-electron chi connectivity index (χ4n) is 3.23. The minimum absolute atomic E-state index is 0.0703. The van der Waals surface area contributed by atoms with E-state index in [0.717, 1.165) is 0 Å². The number of rotatable bonds is 4. The topological polar surface area (TPSA) is 74.8 Å². The zero-order valence-electron chi connectivity index (χ0n) is 14.8. The van der Waals surface area contributed by atoms with Crippen molar-refractivity contribution in [1.29, 1.82) is 0 Å². The van der Waals surface area contributed by atoms with Crippen LogP contribution in [-0.4, -0.2) is 15.9 Å². The molecule has 0 bridgehead atoms. The molecule has 1 aromatic heterocycles. The molecule has 2 aromatic carbocycles. The first kappa shape index (κ1) is 19.9. The standard InChI is InChI=1S/C20H14Cl2FN3O2S/c21-11-5-6-12(14(22)7-11)13-8-16(27)24-18-17(13)19(28)26-20(25-18)29-9-10-3-1-2-4-15(10)23/h1-7,13H,8-9H2,(H2,24,25,26,27,28). The van der Waals surface area contributed by atoms with E-state index in [1.54, 1.807) is 36.4 Å². The maximum Gasteiger partial charge on any atom is 0.257 e. The van der Waals surface area contributed by atoms with Gasteiger partial charge >= 0.3 is 0 Å². The Morgan fingerprint density at radius 2 is 1.97 bits per heavy atom. The molecule has 0 fully saturated rings. The number of hydrogen-bond acceptors (Lipinski definition) is 4. The minimum atomic E-state index is -0.537. The maximum absolute atomic E-state index is 13.8. The number of aromatic amines is 1. The highest BCUT2D eigenvalue weighted by atomic mass is 35.5. The lowest BCUT2D eigenvalue weighted by molar-refractivity contribution is -0.116. The molecule has 1 aliphatic rings. The van der Waals surface area contributed by atoms with Gasteiger partial charge in [-0.25, -0.2) is 9.37 Å². The Hall–Kier alpha value is -2.35. The van der Waals surface area contributed by atoms with E-state index in [1.165, 1.54) is 17.8 Å². The van der Waals surface area contributed by atoms with Crippen LogP contribution in [0.15, 0.2) is 52.4 Å². The molecular weight excluding hydrogens is 436 g/mol. The van der Waals surface area contributed by atoms with Crippen LogP contribution in [0, 0.1) is 5.82 Å². The van der Waals surface area contributed by atoms with Gasteiger partial charge in [0.25, 0.3) is 5.56 Å². The van der Waals surface area contributed by atoms with Crippen LogP contribution >= 0.6 is 35.0 Å². The molecule has 0 saturated heterocycles. The number of nitrogens with one attached hydrogen (secondary N) is 2.